The molecule has 1 atom stereocenters. The summed E-state index contributed by atoms with van der Waals surface area (Å²) >= 11 is 0. The van der Waals surface area contributed by atoms with E-state index in [0.29, 0.717) is 12.5 Å². The quantitative estimate of drug-likeness (QED) is 0.754. The number of hydrogen-bond donors (Lipinski definition) is 2. The first-order valence-electron chi connectivity index (χ1n) is 7.27. The number of carbonyl (C=O) groups excluding carboxylic acids is 1. The average molecular weight is 307 g/mol. The smallest absolute Gasteiger partial charge is 0.248 e. The minimum atomic E-state index is -0.752. The van der Waals surface area contributed by atoms with Crippen LogP contribution in [0.1, 0.15) is 17.2 Å². The zero-order valence-corrected chi connectivity index (χ0v) is 12.5. The first kappa shape index (κ1) is 14.9. The van der Waals surface area contributed by atoms with Crippen molar-refractivity contribution in [3.63, 3.8) is 0 Å². The van der Waals surface area contributed by atoms with Crippen LogP contribution in [0.15, 0.2) is 67.0 Å². The van der Waals surface area contributed by atoms with E-state index in [4.69, 9.17) is 5.73 Å². The predicted octanol–water partition coefficient (Wildman–Crippen LogP) is 1.96. The number of nitrogens with two attached hydrogens (primary N) is 1. The summed E-state index contributed by atoms with van der Waals surface area (Å²) in [6, 6.07) is 18.3. The summed E-state index contributed by atoms with van der Waals surface area (Å²) in [5, 5.41) is 10.5. The number of aromatic nitrogens is 3. The van der Waals surface area contributed by atoms with Gasteiger partial charge in [0.1, 0.15) is 12.4 Å². The van der Waals surface area contributed by atoms with Crippen molar-refractivity contribution in [3.8, 4) is 0 Å². The molecule has 1 aromatic heterocycles. The molecular weight excluding hydrogens is 290 g/mol. The largest absolute Gasteiger partial charge is 0.316 e. The van der Waals surface area contributed by atoms with Crippen LogP contribution in [0.5, 0.6) is 0 Å². The van der Waals surface area contributed by atoms with E-state index >= 15 is 0 Å². The Hall–Kier alpha value is -2.99. The standard InChI is InChI=1S/C17H17N5O/c18-15(14-9-5-2-6-10-14)16(23)20-17-21-19-12-22(17)11-13-7-3-1-4-8-13/h1-10,12,15H,11,18H2,(H,20,21,23). The zero-order chi connectivity index (χ0) is 16.1. The number of amides is 1. The van der Waals surface area contributed by atoms with Gasteiger partial charge in [-0.3, -0.25) is 14.7 Å². The Labute approximate surface area is 134 Å². The average Bonchev–Trinajstić information content (AvgIpc) is 3.02. The second kappa shape index (κ2) is 6.85. The number of nitrogens with one attached hydrogen (secondary N) is 1. The molecule has 0 fully saturated rings. The van der Waals surface area contributed by atoms with Gasteiger partial charge in [0.05, 0.1) is 6.54 Å². The monoisotopic (exact) mass is 307 g/mol. The lowest BCUT2D eigenvalue weighted by Gasteiger charge is -2.13. The minimum absolute atomic E-state index is 0.321. The van der Waals surface area contributed by atoms with Crippen molar-refractivity contribution in [2.75, 3.05) is 5.32 Å². The third kappa shape index (κ3) is 3.61. The summed E-state index contributed by atoms with van der Waals surface area (Å²) < 4.78 is 1.77. The molecule has 0 aliphatic carbocycles. The number of nitrogens with zero attached hydrogens (tertiary/aromatic N) is 3. The van der Waals surface area contributed by atoms with E-state index < -0.39 is 6.04 Å². The lowest BCUT2D eigenvalue weighted by atomic mass is 10.1. The summed E-state index contributed by atoms with van der Waals surface area (Å²) in [4.78, 5) is 12.3. The Morgan fingerprint density at radius 3 is 2.43 bits per heavy atom. The molecule has 23 heavy (non-hydrogen) atoms. The summed E-state index contributed by atoms with van der Waals surface area (Å²) in [7, 11) is 0. The number of hydrogen-bond acceptors (Lipinski definition) is 4. The van der Waals surface area contributed by atoms with Crippen LogP contribution in [0.3, 0.4) is 0 Å². The van der Waals surface area contributed by atoms with Crippen LogP contribution in [-0.4, -0.2) is 20.7 Å². The Morgan fingerprint density at radius 2 is 1.74 bits per heavy atom. The minimum Gasteiger partial charge on any atom is -0.316 e. The fourth-order valence-corrected chi connectivity index (χ4v) is 2.25. The van der Waals surface area contributed by atoms with E-state index in [1.807, 2.05) is 60.7 Å². The van der Waals surface area contributed by atoms with E-state index in [1.165, 1.54) is 0 Å². The Morgan fingerprint density at radius 1 is 1.09 bits per heavy atom. The van der Waals surface area contributed by atoms with E-state index in [-0.39, 0.29) is 5.91 Å². The highest BCUT2D eigenvalue weighted by molar-refractivity contribution is 5.94. The highest BCUT2D eigenvalue weighted by atomic mass is 16.2. The molecule has 1 amide bonds. The van der Waals surface area contributed by atoms with E-state index in [9.17, 15) is 4.79 Å². The molecule has 0 aliphatic rings. The molecule has 3 N–H and O–H groups in total. The maximum Gasteiger partial charge on any atom is 0.248 e. The fourth-order valence-electron chi connectivity index (χ4n) is 2.25. The highest BCUT2D eigenvalue weighted by Crippen LogP contribution is 2.13. The van der Waals surface area contributed by atoms with Crippen LogP contribution in [0.25, 0.3) is 0 Å². The van der Waals surface area contributed by atoms with Gasteiger partial charge in [0.2, 0.25) is 11.9 Å². The third-order valence-electron chi connectivity index (χ3n) is 3.49. The maximum atomic E-state index is 12.3. The van der Waals surface area contributed by atoms with Crippen LogP contribution in [-0.2, 0) is 11.3 Å². The molecule has 2 aromatic carbocycles. The molecule has 0 saturated carbocycles. The maximum absolute atomic E-state index is 12.3. The van der Waals surface area contributed by atoms with Crippen molar-refractivity contribution in [2.24, 2.45) is 5.73 Å². The third-order valence-corrected chi connectivity index (χ3v) is 3.49. The van der Waals surface area contributed by atoms with E-state index in [2.05, 4.69) is 15.5 Å². The van der Waals surface area contributed by atoms with Gasteiger partial charge in [-0.2, -0.15) is 0 Å². The van der Waals surface area contributed by atoms with Crippen molar-refractivity contribution >= 4 is 11.9 Å². The lowest BCUT2D eigenvalue weighted by Crippen LogP contribution is -2.29. The summed E-state index contributed by atoms with van der Waals surface area (Å²) in [6.45, 7) is 0.573. The van der Waals surface area contributed by atoms with E-state index in [0.717, 1.165) is 11.1 Å². The molecule has 116 valence electrons. The molecule has 1 unspecified atom stereocenters. The molecule has 6 nitrogen and oxygen atoms in total. The molecular formula is C17H17N5O. The lowest BCUT2D eigenvalue weighted by molar-refractivity contribution is -0.117. The van der Waals surface area contributed by atoms with Gasteiger partial charge < -0.3 is 5.73 Å². The predicted molar refractivity (Wildman–Crippen MR) is 87.6 cm³/mol. The van der Waals surface area contributed by atoms with Crippen LogP contribution in [0.2, 0.25) is 0 Å². The fraction of sp³-hybridized carbons (Fsp3) is 0.118. The second-order valence-corrected chi connectivity index (χ2v) is 5.15. The van der Waals surface area contributed by atoms with Crippen molar-refractivity contribution in [1.29, 1.82) is 0 Å². The topological polar surface area (TPSA) is 85.8 Å². The Kier molecular flexibility index (Phi) is 4.44. The highest BCUT2D eigenvalue weighted by Gasteiger charge is 2.18. The molecule has 6 heteroatoms. The molecule has 0 spiro atoms. The van der Waals surface area contributed by atoms with Gasteiger partial charge in [0.25, 0.3) is 0 Å². The first-order chi connectivity index (χ1) is 11.2. The van der Waals surface area contributed by atoms with Gasteiger partial charge in [-0.1, -0.05) is 60.7 Å². The second-order valence-electron chi connectivity index (χ2n) is 5.15. The number of benzene rings is 2. The van der Waals surface area contributed by atoms with Gasteiger partial charge in [-0.05, 0) is 11.1 Å². The summed E-state index contributed by atoms with van der Waals surface area (Å²) in [6.07, 6.45) is 1.58. The normalized spacial score (nSPS) is 11.9. The van der Waals surface area contributed by atoms with Crippen LogP contribution in [0.4, 0.5) is 5.95 Å². The van der Waals surface area contributed by atoms with Gasteiger partial charge >= 0.3 is 0 Å². The summed E-state index contributed by atoms with van der Waals surface area (Å²) in [5.74, 6) is 0.0590. The first-order valence-corrected chi connectivity index (χ1v) is 7.27. The number of carbonyl (C=O) groups is 1. The molecule has 0 aliphatic heterocycles. The Bertz CT molecular complexity index is 770. The van der Waals surface area contributed by atoms with Gasteiger partial charge in [0, 0.05) is 0 Å². The van der Waals surface area contributed by atoms with Crippen LogP contribution < -0.4 is 11.1 Å². The van der Waals surface area contributed by atoms with Crippen molar-refractivity contribution in [3.05, 3.63) is 78.1 Å². The zero-order valence-electron chi connectivity index (χ0n) is 12.5. The van der Waals surface area contributed by atoms with Gasteiger partial charge in [0.15, 0.2) is 0 Å². The molecule has 0 bridgehead atoms. The number of rotatable bonds is 5. The number of anilines is 1. The molecule has 3 aromatic rings. The van der Waals surface area contributed by atoms with Crippen molar-refractivity contribution < 1.29 is 4.79 Å². The van der Waals surface area contributed by atoms with Gasteiger partial charge in [-0.15, -0.1) is 10.2 Å². The SMILES string of the molecule is NC(C(=O)Nc1nncn1Cc1ccccc1)c1ccccc1. The Balaban J connectivity index is 1.71. The summed E-state index contributed by atoms with van der Waals surface area (Å²) in [5.41, 5.74) is 7.83. The molecule has 0 radical (unpaired) electrons. The van der Waals surface area contributed by atoms with Crippen molar-refractivity contribution in [2.45, 2.75) is 12.6 Å². The molecule has 1 heterocycles. The van der Waals surface area contributed by atoms with E-state index in [1.54, 1.807) is 10.9 Å². The molecule has 0 saturated heterocycles. The van der Waals surface area contributed by atoms with Crippen LogP contribution >= 0.6 is 0 Å². The van der Waals surface area contributed by atoms with Gasteiger partial charge in [-0.25, -0.2) is 0 Å². The van der Waals surface area contributed by atoms with Crippen LogP contribution in [0, 0.1) is 0 Å². The molecule has 3 rings (SSSR count). The van der Waals surface area contributed by atoms with Crippen molar-refractivity contribution in [1.82, 2.24) is 14.8 Å².